The van der Waals surface area contributed by atoms with Gasteiger partial charge in [0.1, 0.15) is 11.6 Å². The van der Waals surface area contributed by atoms with Crippen molar-refractivity contribution in [3.63, 3.8) is 0 Å². The lowest BCUT2D eigenvalue weighted by molar-refractivity contribution is 0.413. The molecule has 0 radical (unpaired) electrons. The molecule has 3 heterocycles. The molecule has 1 aliphatic heterocycles. The number of ether oxygens (including phenoxy) is 1. The molecule has 6 nitrogen and oxygen atoms in total. The fourth-order valence-corrected chi connectivity index (χ4v) is 4.31. The second-order valence-corrected chi connectivity index (χ2v) is 8.36. The van der Waals surface area contributed by atoms with Gasteiger partial charge in [-0.05, 0) is 61.2 Å². The molecule has 0 saturated carbocycles. The molecule has 4 aromatic rings. The molecule has 1 atom stereocenters. The summed E-state index contributed by atoms with van der Waals surface area (Å²) in [6.45, 7) is 2.37. The molecule has 0 amide bonds. The Kier molecular flexibility index (Phi) is 5.88. The minimum absolute atomic E-state index is 0.136. The lowest BCUT2D eigenvalue weighted by atomic mass is 9.91. The number of aryl methyl sites for hydroxylation is 2. The third kappa shape index (κ3) is 4.31. The quantitative estimate of drug-likeness (QED) is 0.274. The van der Waals surface area contributed by atoms with Gasteiger partial charge in [0, 0.05) is 18.7 Å². The van der Waals surface area contributed by atoms with E-state index >= 15 is 4.39 Å². The summed E-state index contributed by atoms with van der Waals surface area (Å²) < 4.78 is 65.0. The number of aromatic nitrogens is 5. The van der Waals surface area contributed by atoms with Crippen LogP contribution in [0.2, 0.25) is 0 Å². The molecular weight excluding hydrogens is 462 g/mol. The van der Waals surface area contributed by atoms with Crippen molar-refractivity contribution in [2.24, 2.45) is 0 Å². The third-order valence-electron chi connectivity index (χ3n) is 5.98. The van der Waals surface area contributed by atoms with Gasteiger partial charge in [-0.2, -0.15) is 0 Å². The van der Waals surface area contributed by atoms with Crippen LogP contribution in [0.4, 0.5) is 17.6 Å². The first-order chi connectivity index (χ1) is 16.8. The van der Waals surface area contributed by atoms with Gasteiger partial charge in [0.15, 0.2) is 23.3 Å². The molecule has 0 spiro atoms. The van der Waals surface area contributed by atoms with Crippen molar-refractivity contribution < 1.29 is 22.3 Å². The van der Waals surface area contributed by atoms with Crippen molar-refractivity contribution in [3.05, 3.63) is 88.8 Å². The average molecular weight is 483 g/mol. The number of nitrogens with zero attached hydrogens (tertiary/aromatic N) is 5. The second kappa shape index (κ2) is 9.01. The first-order valence-electron chi connectivity index (χ1n) is 11.0. The highest BCUT2D eigenvalue weighted by Gasteiger charge is 2.28. The number of hydrogen-bond acceptors (Lipinski definition) is 4. The Morgan fingerprint density at radius 1 is 1.14 bits per heavy atom. The van der Waals surface area contributed by atoms with Gasteiger partial charge in [-0.3, -0.25) is 0 Å². The summed E-state index contributed by atoms with van der Waals surface area (Å²) in [5.74, 6) is -4.49. The van der Waals surface area contributed by atoms with Crippen molar-refractivity contribution in [3.8, 4) is 11.4 Å². The first kappa shape index (κ1) is 22.8. The molecule has 1 unspecified atom stereocenters. The zero-order chi connectivity index (χ0) is 24.7. The van der Waals surface area contributed by atoms with Gasteiger partial charge in [-0.15, -0.1) is 5.10 Å². The fourth-order valence-electron chi connectivity index (χ4n) is 4.31. The molecule has 0 aliphatic carbocycles. The summed E-state index contributed by atoms with van der Waals surface area (Å²) in [6, 6.07) is 7.12. The minimum Gasteiger partial charge on any atom is -0.495 e. The van der Waals surface area contributed by atoms with E-state index in [-0.39, 0.29) is 11.4 Å². The normalized spacial score (nSPS) is 15.8. The van der Waals surface area contributed by atoms with Crippen LogP contribution in [0.3, 0.4) is 0 Å². The van der Waals surface area contributed by atoms with Crippen molar-refractivity contribution >= 4 is 11.9 Å². The Labute approximate surface area is 198 Å². The molecule has 10 heteroatoms. The summed E-state index contributed by atoms with van der Waals surface area (Å²) in [4.78, 5) is 8.53. The largest absolute Gasteiger partial charge is 0.495 e. The number of imidazole rings is 1. The molecule has 1 aliphatic rings. The van der Waals surface area contributed by atoms with E-state index in [0.29, 0.717) is 36.5 Å². The minimum atomic E-state index is -1.52. The van der Waals surface area contributed by atoms with Crippen LogP contribution in [-0.2, 0) is 6.54 Å². The standard InChI is InChI=1S/C25H21F4N5O/c1-14-12-33(13-30-14)21-6-5-15(9-22(21)35-2)8-20(28)24-31-25-17(4-3-7-34(25)32-24)16-10-18(26)23(29)19(27)11-16/h5-6,8-13,17H,3-4,7H2,1-2H3/b20-8-. The predicted octanol–water partition coefficient (Wildman–Crippen LogP) is 5.59. The maximum atomic E-state index is 15.2. The number of methoxy groups -OCH3 is 1. The number of fused-ring (bicyclic) bond motifs is 1. The Hall–Kier alpha value is -3.95. The molecule has 5 rings (SSSR count). The zero-order valence-electron chi connectivity index (χ0n) is 19.0. The maximum absolute atomic E-state index is 15.2. The second-order valence-electron chi connectivity index (χ2n) is 8.36. The Morgan fingerprint density at radius 2 is 1.91 bits per heavy atom. The van der Waals surface area contributed by atoms with Crippen molar-refractivity contribution in [1.29, 1.82) is 0 Å². The lowest BCUT2D eigenvalue weighted by Crippen LogP contribution is -2.18. The number of benzene rings is 2. The molecule has 2 aromatic carbocycles. The van der Waals surface area contributed by atoms with E-state index in [1.807, 2.05) is 17.7 Å². The average Bonchev–Trinajstić information content (AvgIpc) is 3.48. The van der Waals surface area contributed by atoms with Crippen LogP contribution >= 0.6 is 0 Å². The third-order valence-corrected chi connectivity index (χ3v) is 5.98. The Morgan fingerprint density at radius 3 is 2.60 bits per heavy atom. The molecule has 0 fully saturated rings. The van der Waals surface area contributed by atoms with E-state index in [0.717, 1.165) is 23.5 Å². The highest BCUT2D eigenvalue weighted by atomic mass is 19.2. The first-order valence-corrected chi connectivity index (χ1v) is 11.0. The number of halogens is 4. The summed E-state index contributed by atoms with van der Waals surface area (Å²) in [5.41, 5.74) is 2.37. The van der Waals surface area contributed by atoms with Crippen LogP contribution in [-0.4, -0.2) is 31.4 Å². The summed E-state index contributed by atoms with van der Waals surface area (Å²) in [6.07, 6.45) is 5.99. The maximum Gasteiger partial charge on any atom is 0.210 e. The summed E-state index contributed by atoms with van der Waals surface area (Å²) in [5, 5.41) is 4.25. The topological polar surface area (TPSA) is 57.8 Å². The number of rotatable bonds is 5. The van der Waals surface area contributed by atoms with Crippen LogP contribution in [0.15, 0.2) is 42.9 Å². The van der Waals surface area contributed by atoms with Crippen LogP contribution in [0.1, 0.15) is 47.2 Å². The molecule has 0 bridgehead atoms. The van der Waals surface area contributed by atoms with Gasteiger partial charge in [-0.1, -0.05) is 6.07 Å². The lowest BCUT2D eigenvalue weighted by Gasteiger charge is -2.22. The van der Waals surface area contributed by atoms with Gasteiger partial charge in [0.05, 0.1) is 24.8 Å². The highest BCUT2D eigenvalue weighted by Crippen LogP contribution is 2.35. The Bertz CT molecular complexity index is 1420. The molecular formula is C25H21F4N5O. The van der Waals surface area contributed by atoms with Crippen LogP contribution in [0.25, 0.3) is 17.6 Å². The van der Waals surface area contributed by atoms with Crippen LogP contribution in [0, 0.1) is 24.4 Å². The molecule has 0 N–H and O–H groups in total. The molecule has 2 aromatic heterocycles. The van der Waals surface area contributed by atoms with E-state index in [4.69, 9.17) is 4.74 Å². The summed E-state index contributed by atoms with van der Waals surface area (Å²) in [7, 11) is 1.53. The van der Waals surface area contributed by atoms with E-state index < -0.39 is 29.2 Å². The van der Waals surface area contributed by atoms with Crippen molar-refractivity contribution in [1.82, 2.24) is 24.3 Å². The van der Waals surface area contributed by atoms with Gasteiger partial charge in [0.2, 0.25) is 5.82 Å². The van der Waals surface area contributed by atoms with Gasteiger partial charge in [0.25, 0.3) is 0 Å². The number of hydrogen-bond donors (Lipinski definition) is 0. The van der Waals surface area contributed by atoms with Gasteiger partial charge in [-0.25, -0.2) is 32.2 Å². The van der Waals surface area contributed by atoms with Crippen LogP contribution in [0.5, 0.6) is 5.75 Å². The van der Waals surface area contributed by atoms with E-state index in [9.17, 15) is 13.2 Å². The predicted molar refractivity (Wildman–Crippen MR) is 121 cm³/mol. The molecule has 0 saturated heterocycles. The van der Waals surface area contributed by atoms with E-state index in [2.05, 4.69) is 15.1 Å². The van der Waals surface area contributed by atoms with E-state index in [1.54, 1.807) is 24.5 Å². The van der Waals surface area contributed by atoms with Gasteiger partial charge >= 0.3 is 0 Å². The SMILES string of the molecule is COc1cc(/C=C(\F)c2nc3n(n2)CCCC3c2cc(F)c(F)c(F)c2)ccc1-n1cnc(C)c1. The van der Waals surface area contributed by atoms with Crippen molar-refractivity contribution in [2.45, 2.75) is 32.2 Å². The highest BCUT2D eigenvalue weighted by molar-refractivity contribution is 5.75. The van der Waals surface area contributed by atoms with Crippen LogP contribution < -0.4 is 4.74 Å². The van der Waals surface area contributed by atoms with Crippen molar-refractivity contribution in [2.75, 3.05) is 7.11 Å². The monoisotopic (exact) mass is 483 g/mol. The fraction of sp³-hybridized carbons (Fsp3) is 0.240. The molecule has 180 valence electrons. The summed E-state index contributed by atoms with van der Waals surface area (Å²) >= 11 is 0. The van der Waals surface area contributed by atoms with E-state index in [1.165, 1.54) is 17.9 Å². The zero-order valence-corrected chi connectivity index (χ0v) is 19.0. The Balaban J connectivity index is 1.46. The van der Waals surface area contributed by atoms with Gasteiger partial charge < -0.3 is 9.30 Å². The molecule has 35 heavy (non-hydrogen) atoms. The smallest absolute Gasteiger partial charge is 0.210 e.